The Kier molecular flexibility index (Phi) is 6.81. The summed E-state index contributed by atoms with van der Waals surface area (Å²) < 4.78 is 31.3. The molecule has 0 aromatic carbocycles. The maximum atomic E-state index is 11.5. The average Bonchev–Trinajstić information content (AvgIpc) is 2.22. The predicted molar refractivity (Wildman–Crippen MR) is 64.3 cm³/mol. The van der Waals surface area contributed by atoms with E-state index in [1.807, 2.05) is 0 Å². The molecule has 0 saturated heterocycles. The minimum Gasteiger partial charge on any atom is -0.469 e. The molecule has 0 aliphatic carbocycles. The van der Waals surface area contributed by atoms with E-state index in [0.717, 1.165) is 4.31 Å². The van der Waals surface area contributed by atoms with Crippen LogP contribution in [0, 0.1) is 0 Å². The van der Waals surface area contributed by atoms with E-state index in [1.165, 1.54) is 14.2 Å². The fourth-order valence-corrected chi connectivity index (χ4v) is 1.99. The van der Waals surface area contributed by atoms with E-state index in [0.29, 0.717) is 4.48 Å². The molecule has 0 bridgehead atoms. The van der Waals surface area contributed by atoms with Crippen molar-refractivity contribution in [1.82, 2.24) is 9.03 Å². The Balaban J connectivity index is 4.19. The Bertz CT molecular complexity index is 355. The first kappa shape index (κ1) is 15.6. The first-order chi connectivity index (χ1) is 7.29. The zero-order valence-corrected chi connectivity index (χ0v) is 11.6. The van der Waals surface area contributed by atoms with Gasteiger partial charge in [0.2, 0.25) is 0 Å². The fourth-order valence-electron chi connectivity index (χ4n) is 0.751. The third kappa shape index (κ3) is 6.21. The summed E-state index contributed by atoms with van der Waals surface area (Å²) in [4.78, 5) is 10.8. The van der Waals surface area contributed by atoms with Gasteiger partial charge in [-0.25, -0.2) is 0 Å². The molecule has 0 aromatic rings. The average molecular weight is 315 g/mol. The highest BCUT2D eigenvalue weighted by Gasteiger charge is 2.17. The van der Waals surface area contributed by atoms with Crippen LogP contribution in [0.1, 0.15) is 6.42 Å². The first-order valence-electron chi connectivity index (χ1n) is 4.40. The Hall–Kier alpha value is -0.440. The number of halogens is 1. The third-order valence-corrected chi connectivity index (χ3v) is 3.51. The lowest BCUT2D eigenvalue weighted by Crippen LogP contribution is -2.39. The molecule has 0 amide bonds. The number of methoxy groups -OCH3 is 1. The van der Waals surface area contributed by atoms with Gasteiger partial charge in [-0.3, -0.25) is 4.79 Å². The summed E-state index contributed by atoms with van der Waals surface area (Å²) in [5, 5.41) is 0. The Morgan fingerprint density at radius 3 is 2.56 bits per heavy atom. The molecule has 0 rings (SSSR count). The highest BCUT2D eigenvalue weighted by Crippen LogP contribution is 2.01. The highest BCUT2D eigenvalue weighted by atomic mass is 79.9. The third-order valence-electron chi connectivity index (χ3n) is 1.72. The molecule has 0 radical (unpaired) electrons. The molecular weight excluding hydrogens is 300 g/mol. The molecule has 0 unspecified atom stereocenters. The summed E-state index contributed by atoms with van der Waals surface area (Å²) in [7, 11) is -0.943. The topological polar surface area (TPSA) is 75.7 Å². The lowest BCUT2D eigenvalue weighted by atomic mass is 10.4. The predicted octanol–water partition coefficient (Wildman–Crippen LogP) is 0.224. The highest BCUT2D eigenvalue weighted by molar-refractivity contribution is 9.11. The van der Waals surface area contributed by atoms with Gasteiger partial charge in [0, 0.05) is 24.6 Å². The number of rotatable bonds is 7. The Labute approximate surface area is 104 Å². The smallest absolute Gasteiger partial charge is 0.306 e. The van der Waals surface area contributed by atoms with Crippen LogP contribution in [0.2, 0.25) is 0 Å². The summed E-state index contributed by atoms with van der Waals surface area (Å²) in [5.41, 5.74) is 0. The second-order valence-electron chi connectivity index (χ2n) is 2.99. The number of nitrogens with one attached hydrogen (secondary N) is 1. The van der Waals surface area contributed by atoms with Crippen molar-refractivity contribution in [3.8, 4) is 0 Å². The molecule has 16 heavy (non-hydrogen) atoms. The minimum absolute atomic E-state index is 0.0170. The van der Waals surface area contributed by atoms with Crippen molar-refractivity contribution >= 4 is 32.1 Å². The van der Waals surface area contributed by atoms with Crippen molar-refractivity contribution in [2.45, 2.75) is 6.42 Å². The molecule has 94 valence electrons. The number of hydrogen-bond donors (Lipinski definition) is 1. The maximum Gasteiger partial charge on any atom is 0.306 e. The van der Waals surface area contributed by atoms with Gasteiger partial charge in [0.25, 0.3) is 10.2 Å². The maximum absolute atomic E-state index is 11.5. The monoisotopic (exact) mass is 314 g/mol. The van der Waals surface area contributed by atoms with Gasteiger partial charge in [-0.1, -0.05) is 22.5 Å². The van der Waals surface area contributed by atoms with Gasteiger partial charge in [0.05, 0.1) is 13.5 Å². The Morgan fingerprint density at radius 2 is 2.12 bits per heavy atom. The number of nitrogens with zero attached hydrogens (tertiary/aromatic N) is 1. The van der Waals surface area contributed by atoms with Gasteiger partial charge in [0.1, 0.15) is 0 Å². The van der Waals surface area contributed by atoms with Crippen LogP contribution in [0.4, 0.5) is 0 Å². The summed E-state index contributed by atoms with van der Waals surface area (Å²) in [6.45, 7) is 3.67. The van der Waals surface area contributed by atoms with Gasteiger partial charge >= 0.3 is 5.97 Å². The lowest BCUT2D eigenvalue weighted by Gasteiger charge is -2.16. The van der Waals surface area contributed by atoms with E-state index in [2.05, 4.69) is 32.0 Å². The molecule has 0 aliphatic heterocycles. The number of esters is 1. The molecule has 6 nitrogen and oxygen atoms in total. The van der Waals surface area contributed by atoms with E-state index in [1.54, 1.807) is 0 Å². The molecule has 8 heteroatoms. The number of carbonyl (C=O) groups is 1. The van der Waals surface area contributed by atoms with Crippen molar-refractivity contribution in [3.63, 3.8) is 0 Å². The molecule has 1 N–H and O–H groups in total. The second kappa shape index (κ2) is 7.00. The minimum atomic E-state index is -3.57. The van der Waals surface area contributed by atoms with Crippen LogP contribution in [0.3, 0.4) is 0 Å². The van der Waals surface area contributed by atoms with Crippen LogP contribution >= 0.6 is 15.9 Å². The van der Waals surface area contributed by atoms with Crippen LogP contribution in [0.15, 0.2) is 11.1 Å². The molecule has 0 heterocycles. The summed E-state index contributed by atoms with van der Waals surface area (Å²) >= 11 is 3.04. The quantitative estimate of drug-likeness (QED) is 0.682. The summed E-state index contributed by atoms with van der Waals surface area (Å²) in [6.07, 6.45) is 0.0170. The van der Waals surface area contributed by atoms with Gasteiger partial charge in [-0.05, 0) is 0 Å². The number of hydrogen-bond acceptors (Lipinski definition) is 4. The van der Waals surface area contributed by atoms with E-state index in [9.17, 15) is 13.2 Å². The van der Waals surface area contributed by atoms with Gasteiger partial charge < -0.3 is 4.74 Å². The molecule has 0 aromatic heterocycles. The largest absolute Gasteiger partial charge is 0.469 e. The van der Waals surface area contributed by atoms with Crippen molar-refractivity contribution in [2.24, 2.45) is 0 Å². The molecule has 0 atom stereocenters. The van der Waals surface area contributed by atoms with Crippen LogP contribution in [-0.2, 0) is 19.7 Å². The molecule has 0 fully saturated rings. The van der Waals surface area contributed by atoms with E-state index in [4.69, 9.17) is 0 Å². The SMILES string of the molecule is C=C(Br)CNS(=O)(=O)N(C)CCC(=O)OC. The molecule has 0 saturated carbocycles. The lowest BCUT2D eigenvalue weighted by molar-refractivity contribution is -0.140. The standard InChI is InChI=1S/C8H15BrN2O4S/c1-7(9)6-10-16(13,14)11(2)5-4-8(12)15-3/h10H,1,4-6H2,2-3H3. The molecule has 0 spiro atoms. The number of carbonyl (C=O) groups excluding carboxylic acids is 1. The van der Waals surface area contributed by atoms with Crippen LogP contribution in [0.25, 0.3) is 0 Å². The Morgan fingerprint density at radius 1 is 1.56 bits per heavy atom. The molecular formula is C8H15BrN2O4S. The van der Waals surface area contributed by atoms with Crippen molar-refractivity contribution in [3.05, 3.63) is 11.1 Å². The van der Waals surface area contributed by atoms with Crippen molar-refractivity contribution < 1.29 is 17.9 Å². The zero-order valence-electron chi connectivity index (χ0n) is 9.19. The van der Waals surface area contributed by atoms with Crippen molar-refractivity contribution in [2.75, 3.05) is 27.2 Å². The van der Waals surface area contributed by atoms with E-state index >= 15 is 0 Å². The van der Waals surface area contributed by atoms with Gasteiger partial charge in [-0.2, -0.15) is 17.4 Å². The summed E-state index contributed by atoms with van der Waals surface area (Å²) in [6, 6.07) is 0. The van der Waals surface area contributed by atoms with Gasteiger partial charge in [-0.15, -0.1) is 0 Å². The van der Waals surface area contributed by atoms with E-state index in [-0.39, 0.29) is 19.5 Å². The van der Waals surface area contributed by atoms with Crippen LogP contribution in [0.5, 0.6) is 0 Å². The fraction of sp³-hybridized carbons (Fsp3) is 0.625. The van der Waals surface area contributed by atoms with Crippen LogP contribution < -0.4 is 4.72 Å². The first-order valence-corrected chi connectivity index (χ1v) is 6.64. The number of ether oxygens (including phenoxy) is 1. The van der Waals surface area contributed by atoms with Crippen molar-refractivity contribution in [1.29, 1.82) is 0 Å². The summed E-state index contributed by atoms with van der Waals surface area (Å²) in [5.74, 6) is -0.452. The molecule has 0 aliphatic rings. The normalized spacial score (nSPS) is 11.5. The second-order valence-corrected chi connectivity index (χ2v) is 5.97. The van der Waals surface area contributed by atoms with E-state index < -0.39 is 16.2 Å². The van der Waals surface area contributed by atoms with Crippen LogP contribution in [-0.4, -0.2) is 45.9 Å². The zero-order chi connectivity index (χ0) is 12.8. The van der Waals surface area contributed by atoms with Gasteiger partial charge in [0.15, 0.2) is 0 Å².